The molecule has 1 atom stereocenters. The number of amides is 1. The van der Waals surface area contributed by atoms with E-state index in [0.29, 0.717) is 18.1 Å². The zero-order valence-corrected chi connectivity index (χ0v) is 10.9. The van der Waals surface area contributed by atoms with Crippen molar-refractivity contribution >= 4 is 23.2 Å². The summed E-state index contributed by atoms with van der Waals surface area (Å²) >= 11 is 6.07. The first-order valence-corrected chi connectivity index (χ1v) is 6.19. The largest absolute Gasteiger partial charge is 0.309 e. The van der Waals surface area contributed by atoms with E-state index >= 15 is 0 Å². The summed E-state index contributed by atoms with van der Waals surface area (Å²) in [6.45, 7) is 3.18. The third-order valence-electron chi connectivity index (χ3n) is 3.12. The molecule has 1 aromatic carbocycles. The molecular formula is C13H14ClN3O. The summed E-state index contributed by atoms with van der Waals surface area (Å²) in [5.74, 6) is -0.0619. The van der Waals surface area contributed by atoms with Crippen LogP contribution in [0.15, 0.2) is 18.2 Å². The van der Waals surface area contributed by atoms with E-state index in [9.17, 15) is 4.79 Å². The number of halogens is 1. The van der Waals surface area contributed by atoms with Crippen LogP contribution in [-0.2, 0) is 4.79 Å². The number of nitrogens with one attached hydrogen (secondary N) is 1. The Labute approximate surface area is 111 Å². The summed E-state index contributed by atoms with van der Waals surface area (Å²) in [5, 5.41) is 12.4. The zero-order chi connectivity index (χ0) is 13.1. The molecule has 0 saturated carbocycles. The van der Waals surface area contributed by atoms with E-state index in [1.165, 1.54) is 0 Å². The fourth-order valence-corrected chi connectivity index (χ4v) is 2.28. The molecule has 1 N–H and O–H groups in total. The Bertz CT molecular complexity index is 509. The van der Waals surface area contributed by atoms with Gasteiger partial charge in [-0.3, -0.25) is 4.79 Å². The van der Waals surface area contributed by atoms with E-state index in [0.717, 1.165) is 11.3 Å². The maximum Gasteiger partial charge on any atom is 0.245 e. The molecule has 1 aliphatic heterocycles. The second-order valence-corrected chi connectivity index (χ2v) is 4.65. The number of rotatable bonds is 2. The maximum atomic E-state index is 12.2. The molecule has 2 rings (SSSR count). The molecule has 4 nitrogen and oxygen atoms in total. The molecule has 1 amide bonds. The maximum absolute atomic E-state index is 12.2. The number of nitriles is 1. The Morgan fingerprint density at radius 3 is 3.11 bits per heavy atom. The van der Waals surface area contributed by atoms with Crippen molar-refractivity contribution < 1.29 is 4.79 Å². The minimum absolute atomic E-state index is 0.0619. The lowest BCUT2D eigenvalue weighted by atomic mass is 10.1. The van der Waals surface area contributed by atoms with Crippen molar-refractivity contribution in [1.82, 2.24) is 5.32 Å². The summed E-state index contributed by atoms with van der Waals surface area (Å²) < 4.78 is 0. The Kier molecular flexibility index (Phi) is 3.85. The molecule has 1 saturated heterocycles. The Morgan fingerprint density at radius 2 is 2.39 bits per heavy atom. The number of benzene rings is 1. The summed E-state index contributed by atoms with van der Waals surface area (Å²) in [4.78, 5) is 14.0. The number of carbonyl (C=O) groups excluding carboxylic acids is 1. The van der Waals surface area contributed by atoms with Gasteiger partial charge in [0.05, 0.1) is 12.5 Å². The number of nitrogens with zero attached hydrogens (tertiary/aromatic N) is 2. The number of hydrogen-bond donors (Lipinski definition) is 1. The van der Waals surface area contributed by atoms with Gasteiger partial charge >= 0.3 is 0 Å². The number of piperazine rings is 1. The lowest BCUT2D eigenvalue weighted by Gasteiger charge is -2.33. The molecule has 1 unspecified atom stereocenters. The van der Waals surface area contributed by atoms with E-state index in [2.05, 4.69) is 5.32 Å². The fraction of sp³-hybridized carbons (Fsp3) is 0.385. The predicted octanol–water partition coefficient (Wildman–Crippen LogP) is 1.87. The summed E-state index contributed by atoms with van der Waals surface area (Å²) in [6, 6.07) is 7.14. The van der Waals surface area contributed by atoms with E-state index in [4.69, 9.17) is 16.9 Å². The van der Waals surface area contributed by atoms with Crippen molar-refractivity contribution in [2.75, 3.05) is 18.0 Å². The van der Waals surface area contributed by atoms with Gasteiger partial charge < -0.3 is 10.2 Å². The van der Waals surface area contributed by atoms with Crippen molar-refractivity contribution in [2.24, 2.45) is 0 Å². The first-order valence-electron chi connectivity index (χ1n) is 5.82. The molecule has 1 aliphatic rings. The molecule has 0 spiro atoms. The highest BCUT2D eigenvalue weighted by Gasteiger charge is 2.29. The van der Waals surface area contributed by atoms with Gasteiger partial charge in [0.25, 0.3) is 0 Å². The van der Waals surface area contributed by atoms with Crippen LogP contribution in [0.2, 0.25) is 5.02 Å². The first kappa shape index (κ1) is 12.9. The van der Waals surface area contributed by atoms with Crippen LogP contribution in [0.5, 0.6) is 0 Å². The lowest BCUT2D eigenvalue weighted by Crippen LogP contribution is -2.55. The third kappa shape index (κ3) is 2.33. The van der Waals surface area contributed by atoms with Gasteiger partial charge in [-0.2, -0.15) is 5.26 Å². The van der Waals surface area contributed by atoms with Crippen LogP contribution in [0, 0.1) is 18.3 Å². The van der Waals surface area contributed by atoms with Gasteiger partial charge in [0, 0.05) is 23.8 Å². The average molecular weight is 264 g/mol. The van der Waals surface area contributed by atoms with Crippen molar-refractivity contribution in [3.8, 4) is 6.07 Å². The topological polar surface area (TPSA) is 56.1 Å². The van der Waals surface area contributed by atoms with Gasteiger partial charge in [-0.15, -0.1) is 0 Å². The first-order chi connectivity index (χ1) is 8.65. The third-order valence-corrected chi connectivity index (χ3v) is 3.53. The average Bonchev–Trinajstić information content (AvgIpc) is 2.36. The second kappa shape index (κ2) is 5.38. The number of carbonyl (C=O) groups is 1. The summed E-state index contributed by atoms with van der Waals surface area (Å²) in [6.07, 6.45) is 0.189. The normalized spacial score (nSPS) is 19.7. The van der Waals surface area contributed by atoms with Crippen LogP contribution in [0.25, 0.3) is 0 Å². The Morgan fingerprint density at radius 1 is 1.61 bits per heavy atom. The SMILES string of the molecule is Cc1c(Cl)cccc1N1CCNC(CC#N)C1=O. The lowest BCUT2D eigenvalue weighted by molar-refractivity contribution is -0.121. The molecule has 0 aliphatic carbocycles. The molecule has 1 heterocycles. The highest BCUT2D eigenvalue weighted by molar-refractivity contribution is 6.31. The van der Waals surface area contributed by atoms with Crippen LogP contribution in [0.3, 0.4) is 0 Å². The number of hydrogen-bond acceptors (Lipinski definition) is 3. The van der Waals surface area contributed by atoms with Gasteiger partial charge in [-0.1, -0.05) is 17.7 Å². The molecule has 0 radical (unpaired) electrons. The quantitative estimate of drug-likeness (QED) is 0.886. The molecule has 1 aromatic rings. The van der Waals surface area contributed by atoms with E-state index in [1.807, 2.05) is 25.1 Å². The fourth-order valence-electron chi connectivity index (χ4n) is 2.11. The Hall–Kier alpha value is -1.57. The van der Waals surface area contributed by atoms with Crippen LogP contribution in [-0.4, -0.2) is 25.0 Å². The van der Waals surface area contributed by atoms with Crippen LogP contribution in [0.4, 0.5) is 5.69 Å². The predicted molar refractivity (Wildman–Crippen MR) is 70.6 cm³/mol. The molecule has 5 heteroatoms. The smallest absolute Gasteiger partial charge is 0.245 e. The standard InChI is InChI=1S/C13H14ClN3O/c1-9-10(14)3-2-4-12(9)17-8-7-16-11(5-6-15)13(17)18/h2-4,11,16H,5,7-8H2,1H3. The monoisotopic (exact) mass is 263 g/mol. The van der Waals surface area contributed by atoms with Crippen LogP contribution in [0.1, 0.15) is 12.0 Å². The van der Waals surface area contributed by atoms with Crippen LogP contribution < -0.4 is 10.2 Å². The Balaban J connectivity index is 2.30. The van der Waals surface area contributed by atoms with E-state index in [-0.39, 0.29) is 12.3 Å². The van der Waals surface area contributed by atoms with Gasteiger partial charge in [0.1, 0.15) is 6.04 Å². The molecular weight excluding hydrogens is 250 g/mol. The van der Waals surface area contributed by atoms with Crippen molar-refractivity contribution in [2.45, 2.75) is 19.4 Å². The van der Waals surface area contributed by atoms with Crippen molar-refractivity contribution in [3.05, 3.63) is 28.8 Å². The van der Waals surface area contributed by atoms with Gasteiger partial charge in [-0.25, -0.2) is 0 Å². The van der Waals surface area contributed by atoms with Gasteiger partial charge in [0.15, 0.2) is 0 Å². The molecule has 18 heavy (non-hydrogen) atoms. The second-order valence-electron chi connectivity index (χ2n) is 4.24. The van der Waals surface area contributed by atoms with Gasteiger partial charge in [0.2, 0.25) is 5.91 Å². The van der Waals surface area contributed by atoms with E-state index in [1.54, 1.807) is 11.0 Å². The summed E-state index contributed by atoms with van der Waals surface area (Å²) in [7, 11) is 0. The molecule has 0 aromatic heterocycles. The molecule has 0 bridgehead atoms. The van der Waals surface area contributed by atoms with Crippen LogP contribution >= 0.6 is 11.6 Å². The zero-order valence-electron chi connectivity index (χ0n) is 10.1. The van der Waals surface area contributed by atoms with Crippen molar-refractivity contribution in [1.29, 1.82) is 5.26 Å². The van der Waals surface area contributed by atoms with Gasteiger partial charge in [-0.05, 0) is 24.6 Å². The minimum atomic E-state index is -0.415. The highest BCUT2D eigenvalue weighted by atomic mass is 35.5. The molecule has 94 valence electrons. The summed E-state index contributed by atoms with van der Waals surface area (Å²) in [5.41, 5.74) is 1.72. The van der Waals surface area contributed by atoms with E-state index < -0.39 is 6.04 Å². The minimum Gasteiger partial charge on any atom is -0.309 e. The highest BCUT2D eigenvalue weighted by Crippen LogP contribution is 2.27. The molecule has 1 fully saturated rings. The number of anilines is 1. The van der Waals surface area contributed by atoms with Crippen molar-refractivity contribution in [3.63, 3.8) is 0 Å².